The minimum atomic E-state index is -4.48. The van der Waals surface area contributed by atoms with Gasteiger partial charge in [0.1, 0.15) is 5.02 Å². The molecule has 1 aliphatic rings. The summed E-state index contributed by atoms with van der Waals surface area (Å²) >= 11 is 5.76. The third-order valence-electron chi connectivity index (χ3n) is 3.63. The Hall–Kier alpha value is -0.970. The molecule has 2 N–H and O–H groups in total. The summed E-state index contributed by atoms with van der Waals surface area (Å²) in [6.07, 6.45) is 0.254. The Morgan fingerprint density at radius 1 is 1.32 bits per heavy atom. The zero-order valence-corrected chi connectivity index (χ0v) is 16.6. The Morgan fingerprint density at radius 3 is 2.60 bits per heavy atom. The molecule has 10 heteroatoms. The Morgan fingerprint density at radius 2 is 2.00 bits per heavy atom. The fourth-order valence-corrected chi connectivity index (χ4v) is 2.56. The first kappa shape index (κ1) is 22.1. The molecule has 0 unspecified atom stereocenters. The van der Waals surface area contributed by atoms with Gasteiger partial charge in [0.2, 0.25) is 5.88 Å². The van der Waals surface area contributed by atoms with Gasteiger partial charge in [-0.2, -0.15) is 13.2 Å². The van der Waals surface area contributed by atoms with Crippen molar-refractivity contribution < 1.29 is 17.9 Å². The van der Waals surface area contributed by atoms with Crippen LogP contribution in [-0.4, -0.2) is 42.1 Å². The molecular weight excluding hydrogens is 472 g/mol. The lowest BCUT2D eigenvalue weighted by molar-refractivity contribution is -0.137. The largest absolute Gasteiger partial charge is 0.477 e. The fourth-order valence-electron chi connectivity index (χ4n) is 2.34. The topological polar surface area (TPSA) is 63.7 Å². The number of hydrogen-bond acceptors (Lipinski definition) is 3. The lowest BCUT2D eigenvalue weighted by Gasteiger charge is -2.27. The van der Waals surface area contributed by atoms with E-state index in [9.17, 15) is 13.2 Å². The predicted octanol–water partition coefficient (Wildman–Crippen LogP) is 3.94. The molecule has 25 heavy (non-hydrogen) atoms. The van der Waals surface area contributed by atoms with E-state index in [1.165, 1.54) is 6.42 Å². The van der Waals surface area contributed by atoms with Crippen molar-refractivity contribution in [3.05, 3.63) is 22.8 Å². The number of piperidine rings is 1. The molecule has 1 aliphatic heterocycles. The number of ether oxygens (including phenoxy) is 1. The summed E-state index contributed by atoms with van der Waals surface area (Å²) in [6, 6.07) is 0.802. The van der Waals surface area contributed by atoms with Crippen LogP contribution in [0, 0.1) is 0 Å². The van der Waals surface area contributed by atoms with Gasteiger partial charge in [-0.25, -0.2) is 4.98 Å². The van der Waals surface area contributed by atoms with Crippen LogP contribution in [-0.2, 0) is 6.18 Å². The SMILES string of the molecule is I.NC(=NCCCOc1ncc(C(F)(F)F)cc1Cl)N1CCCCC1. The van der Waals surface area contributed by atoms with Crippen LogP contribution in [0.3, 0.4) is 0 Å². The van der Waals surface area contributed by atoms with Crippen molar-refractivity contribution in [1.82, 2.24) is 9.88 Å². The number of likely N-dealkylation sites (tertiary alicyclic amines) is 1. The van der Waals surface area contributed by atoms with Gasteiger partial charge < -0.3 is 15.4 Å². The van der Waals surface area contributed by atoms with E-state index in [0.29, 0.717) is 25.1 Å². The summed E-state index contributed by atoms with van der Waals surface area (Å²) in [5.74, 6) is 0.512. The molecule has 0 radical (unpaired) electrons. The van der Waals surface area contributed by atoms with Gasteiger partial charge in [-0.15, -0.1) is 24.0 Å². The highest BCUT2D eigenvalue weighted by molar-refractivity contribution is 14.0. The van der Waals surface area contributed by atoms with Crippen LogP contribution in [0.15, 0.2) is 17.3 Å². The first-order chi connectivity index (χ1) is 11.4. The van der Waals surface area contributed by atoms with E-state index in [1.54, 1.807) is 0 Å². The molecule has 0 atom stereocenters. The number of aromatic nitrogens is 1. The van der Waals surface area contributed by atoms with Crippen LogP contribution < -0.4 is 10.5 Å². The van der Waals surface area contributed by atoms with Gasteiger partial charge in [-0.05, 0) is 25.3 Å². The number of alkyl halides is 3. The smallest absolute Gasteiger partial charge is 0.417 e. The molecule has 142 valence electrons. The van der Waals surface area contributed by atoms with Crippen LogP contribution in [0.5, 0.6) is 5.88 Å². The summed E-state index contributed by atoms with van der Waals surface area (Å²) in [7, 11) is 0. The maximum atomic E-state index is 12.5. The number of rotatable bonds is 5. The van der Waals surface area contributed by atoms with Crippen molar-refractivity contribution in [2.24, 2.45) is 10.7 Å². The second-order valence-corrected chi connectivity index (χ2v) is 5.91. The molecule has 1 saturated heterocycles. The highest BCUT2D eigenvalue weighted by Gasteiger charge is 2.31. The number of halogens is 5. The molecule has 1 fully saturated rings. The average Bonchev–Trinajstić information content (AvgIpc) is 2.55. The monoisotopic (exact) mass is 492 g/mol. The standard InChI is InChI=1S/C15H20ClF3N4O.HI/c16-12-9-11(15(17,18)19)10-22-13(12)24-8-4-5-21-14(20)23-6-2-1-3-7-23;/h9-10H,1-8H2,(H2,20,21);1H. The molecule has 0 aromatic carbocycles. The van der Waals surface area contributed by atoms with Gasteiger partial charge in [0.25, 0.3) is 0 Å². The zero-order chi connectivity index (χ0) is 17.6. The molecule has 1 aromatic rings. The van der Waals surface area contributed by atoms with Gasteiger partial charge in [0.05, 0.1) is 12.2 Å². The second kappa shape index (κ2) is 10.2. The second-order valence-electron chi connectivity index (χ2n) is 5.50. The van der Waals surface area contributed by atoms with E-state index in [1.807, 2.05) is 0 Å². The Kier molecular flexibility index (Phi) is 9.04. The molecular formula is C15H21ClF3IN4O. The molecule has 2 heterocycles. The fraction of sp³-hybridized carbons (Fsp3) is 0.600. The summed E-state index contributed by atoms with van der Waals surface area (Å²) in [4.78, 5) is 9.95. The van der Waals surface area contributed by atoms with Crippen LogP contribution in [0.1, 0.15) is 31.2 Å². The summed E-state index contributed by atoms with van der Waals surface area (Å²) in [5, 5.41) is -0.166. The van der Waals surface area contributed by atoms with Crippen molar-refractivity contribution in [3.8, 4) is 5.88 Å². The third-order valence-corrected chi connectivity index (χ3v) is 3.90. The summed E-state index contributed by atoms with van der Waals surface area (Å²) in [6.45, 7) is 2.57. The highest BCUT2D eigenvalue weighted by Crippen LogP contribution is 2.33. The first-order valence-corrected chi connectivity index (χ1v) is 8.16. The minimum absolute atomic E-state index is 0. The van der Waals surface area contributed by atoms with Crippen molar-refractivity contribution in [2.75, 3.05) is 26.2 Å². The van der Waals surface area contributed by atoms with E-state index in [0.717, 1.165) is 32.0 Å². The van der Waals surface area contributed by atoms with Gasteiger partial charge in [0.15, 0.2) is 5.96 Å². The maximum Gasteiger partial charge on any atom is 0.417 e. The Balaban J connectivity index is 0.00000312. The Labute approximate surface area is 166 Å². The van der Waals surface area contributed by atoms with Crippen molar-refractivity contribution in [1.29, 1.82) is 0 Å². The molecule has 1 aromatic heterocycles. The molecule has 0 spiro atoms. The van der Waals surface area contributed by atoms with Crippen LogP contribution in [0.25, 0.3) is 0 Å². The van der Waals surface area contributed by atoms with Gasteiger partial charge >= 0.3 is 6.18 Å². The van der Waals surface area contributed by atoms with Crippen molar-refractivity contribution >= 4 is 41.5 Å². The molecule has 2 rings (SSSR count). The number of guanidine groups is 1. The van der Waals surface area contributed by atoms with E-state index in [2.05, 4.69) is 14.9 Å². The lowest BCUT2D eigenvalue weighted by atomic mass is 10.1. The van der Waals surface area contributed by atoms with Crippen molar-refractivity contribution in [2.45, 2.75) is 31.9 Å². The predicted molar refractivity (Wildman–Crippen MR) is 102 cm³/mol. The number of hydrogen-bond donors (Lipinski definition) is 1. The lowest BCUT2D eigenvalue weighted by Crippen LogP contribution is -2.40. The average molecular weight is 493 g/mol. The summed E-state index contributed by atoms with van der Waals surface area (Å²) in [5.41, 5.74) is 5.01. The number of pyridine rings is 1. The number of aliphatic imine (C=N–C) groups is 1. The highest BCUT2D eigenvalue weighted by atomic mass is 127. The number of nitrogens with zero attached hydrogens (tertiary/aromatic N) is 3. The normalized spacial score (nSPS) is 15.7. The number of nitrogens with two attached hydrogens (primary N) is 1. The minimum Gasteiger partial charge on any atom is -0.477 e. The molecule has 5 nitrogen and oxygen atoms in total. The van der Waals surface area contributed by atoms with E-state index < -0.39 is 11.7 Å². The van der Waals surface area contributed by atoms with Gasteiger partial charge in [0, 0.05) is 32.3 Å². The van der Waals surface area contributed by atoms with Crippen LogP contribution in [0.4, 0.5) is 13.2 Å². The van der Waals surface area contributed by atoms with Crippen molar-refractivity contribution in [3.63, 3.8) is 0 Å². The third kappa shape index (κ3) is 7.04. The van der Waals surface area contributed by atoms with E-state index in [4.69, 9.17) is 22.1 Å². The van der Waals surface area contributed by atoms with Crippen LogP contribution >= 0.6 is 35.6 Å². The molecule has 0 amide bonds. The Bertz CT molecular complexity index is 580. The van der Waals surface area contributed by atoms with Gasteiger partial charge in [-0.1, -0.05) is 11.6 Å². The zero-order valence-electron chi connectivity index (χ0n) is 13.6. The molecule has 0 aliphatic carbocycles. The quantitative estimate of drug-likeness (QED) is 0.293. The summed E-state index contributed by atoms with van der Waals surface area (Å²) < 4.78 is 42.8. The van der Waals surface area contributed by atoms with Gasteiger partial charge in [-0.3, -0.25) is 4.99 Å². The molecule has 0 bridgehead atoms. The first-order valence-electron chi connectivity index (χ1n) is 7.78. The van der Waals surface area contributed by atoms with E-state index >= 15 is 0 Å². The molecule has 0 saturated carbocycles. The maximum absolute atomic E-state index is 12.5. The van der Waals surface area contributed by atoms with Crippen LogP contribution in [0.2, 0.25) is 5.02 Å². The van der Waals surface area contributed by atoms with E-state index in [-0.39, 0.29) is 41.5 Å².